The lowest BCUT2D eigenvalue weighted by Gasteiger charge is -2.19. The normalized spacial score (nSPS) is 10.3. The maximum atomic E-state index is 12.9. The van der Waals surface area contributed by atoms with Crippen molar-refractivity contribution in [1.29, 1.82) is 0 Å². The number of halogens is 3. The summed E-state index contributed by atoms with van der Waals surface area (Å²) in [5, 5.41) is 1.65. The maximum Gasteiger partial charge on any atom is 0.363 e. The largest absolute Gasteiger partial charge is 0.363 e. The zero-order valence-electron chi connectivity index (χ0n) is 14.6. The molecule has 0 aliphatic carbocycles. The predicted molar refractivity (Wildman–Crippen MR) is 110 cm³/mol. The number of carbonyl (C=O) groups is 3. The third-order valence-electron chi connectivity index (χ3n) is 3.81. The summed E-state index contributed by atoms with van der Waals surface area (Å²) in [5.41, 5.74) is 0.341. The Kier molecular flexibility index (Phi) is 6.54. The number of rotatable bonds is 3. The van der Waals surface area contributed by atoms with Crippen LogP contribution in [0, 0.1) is 0 Å². The van der Waals surface area contributed by atoms with Gasteiger partial charge in [0.1, 0.15) is 0 Å². The van der Waals surface area contributed by atoms with Crippen LogP contribution in [0.2, 0.25) is 15.1 Å². The van der Waals surface area contributed by atoms with Crippen LogP contribution in [0.15, 0.2) is 72.8 Å². The van der Waals surface area contributed by atoms with Crippen LogP contribution in [0.5, 0.6) is 0 Å². The van der Waals surface area contributed by atoms with Gasteiger partial charge in [-0.25, -0.2) is 4.79 Å². The molecule has 0 aliphatic rings. The van der Waals surface area contributed by atoms with Gasteiger partial charge >= 0.3 is 5.97 Å². The Labute approximate surface area is 181 Å². The topological polar surface area (TPSA) is 63.7 Å². The van der Waals surface area contributed by atoms with Crippen molar-refractivity contribution in [2.75, 3.05) is 0 Å². The molecule has 3 aromatic rings. The molecule has 0 saturated heterocycles. The van der Waals surface area contributed by atoms with Crippen molar-refractivity contribution >= 4 is 52.6 Å². The molecule has 0 N–H and O–H groups in total. The summed E-state index contributed by atoms with van der Waals surface area (Å²) >= 11 is 17.5. The van der Waals surface area contributed by atoms with Gasteiger partial charge in [0.2, 0.25) is 0 Å². The summed E-state index contributed by atoms with van der Waals surface area (Å²) in [6.45, 7) is 0. The second-order valence-corrected chi connectivity index (χ2v) is 7.11. The molecule has 0 bridgehead atoms. The van der Waals surface area contributed by atoms with Crippen molar-refractivity contribution in [3.8, 4) is 0 Å². The first-order valence-electron chi connectivity index (χ1n) is 8.23. The molecule has 0 aromatic heterocycles. The number of amides is 2. The van der Waals surface area contributed by atoms with Crippen molar-refractivity contribution in [1.82, 2.24) is 5.06 Å². The van der Waals surface area contributed by atoms with E-state index in [4.69, 9.17) is 39.6 Å². The highest BCUT2D eigenvalue weighted by atomic mass is 35.5. The van der Waals surface area contributed by atoms with E-state index in [9.17, 15) is 14.4 Å². The van der Waals surface area contributed by atoms with E-state index in [0.717, 1.165) is 0 Å². The first-order chi connectivity index (χ1) is 13.8. The van der Waals surface area contributed by atoms with Crippen LogP contribution in [0.4, 0.5) is 0 Å². The minimum Gasteiger partial charge on any atom is -0.324 e. The molecule has 146 valence electrons. The molecule has 3 rings (SSSR count). The van der Waals surface area contributed by atoms with E-state index < -0.39 is 17.8 Å². The van der Waals surface area contributed by atoms with E-state index >= 15 is 0 Å². The number of hydroxylamine groups is 2. The Balaban J connectivity index is 1.93. The van der Waals surface area contributed by atoms with Gasteiger partial charge in [-0.15, -0.1) is 0 Å². The van der Waals surface area contributed by atoms with Gasteiger partial charge in [0.15, 0.2) is 0 Å². The molecule has 0 radical (unpaired) electrons. The van der Waals surface area contributed by atoms with Crippen LogP contribution in [0.3, 0.4) is 0 Å². The van der Waals surface area contributed by atoms with Gasteiger partial charge in [-0.2, -0.15) is 0 Å². The fourth-order valence-corrected chi connectivity index (χ4v) is 2.69. The maximum absolute atomic E-state index is 12.9. The highest BCUT2D eigenvalue weighted by molar-refractivity contribution is 6.31. The highest BCUT2D eigenvalue weighted by Gasteiger charge is 2.29. The lowest BCUT2D eigenvalue weighted by Crippen LogP contribution is -2.39. The summed E-state index contributed by atoms with van der Waals surface area (Å²) in [6.07, 6.45) is 0. The zero-order valence-corrected chi connectivity index (χ0v) is 16.9. The number of nitrogens with zero attached hydrogens (tertiary/aromatic N) is 1. The Morgan fingerprint density at radius 3 is 1.21 bits per heavy atom. The summed E-state index contributed by atoms with van der Waals surface area (Å²) in [6, 6.07) is 17.4. The number of benzene rings is 3. The monoisotopic (exact) mass is 447 g/mol. The zero-order chi connectivity index (χ0) is 21.0. The van der Waals surface area contributed by atoms with E-state index in [1.807, 2.05) is 0 Å². The lowest BCUT2D eigenvalue weighted by atomic mass is 10.1. The fraction of sp³-hybridized carbons (Fsp3) is 0. The first-order valence-corrected chi connectivity index (χ1v) is 9.36. The second kappa shape index (κ2) is 9.09. The molecular weight excluding hydrogens is 437 g/mol. The highest BCUT2D eigenvalue weighted by Crippen LogP contribution is 2.18. The van der Waals surface area contributed by atoms with Crippen LogP contribution in [-0.4, -0.2) is 22.8 Å². The Hall–Kier alpha value is -2.86. The Morgan fingerprint density at radius 2 is 0.862 bits per heavy atom. The van der Waals surface area contributed by atoms with Crippen LogP contribution in [-0.2, 0) is 4.84 Å². The lowest BCUT2D eigenvalue weighted by molar-refractivity contribution is -0.0616. The van der Waals surface area contributed by atoms with Crippen molar-refractivity contribution in [3.63, 3.8) is 0 Å². The molecule has 0 spiro atoms. The predicted octanol–water partition coefficient (Wildman–Crippen LogP) is 5.70. The minimum atomic E-state index is -0.897. The molecule has 2 amide bonds. The molecule has 0 unspecified atom stereocenters. The average molecular weight is 449 g/mol. The third-order valence-corrected chi connectivity index (χ3v) is 4.56. The average Bonchev–Trinajstić information content (AvgIpc) is 2.72. The van der Waals surface area contributed by atoms with Gasteiger partial charge in [-0.05, 0) is 72.8 Å². The fourth-order valence-electron chi connectivity index (χ4n) is 2.32. The number of hydrogen-bond donors (Lipinski definition) is 0. The molecule has 0 saturated carbocycles. The molecule has 0 atom stereocenters. The van der Waals surface area contributed by atoms with Gasteiger partial charge in [0.05, 0.1) is 5.56 Å². The minimum absolute atomic E-state index is 0.112. The summed E-state index contributed by atoms with van der Waals surface area (Å²) in [5.74, 6) is -2.56. The van der Waals surface area contributed by atoms with Crippen molar-refractivity contribution in [2.24, 2.45) is 0 Å². The standard InChI is InChI=1S/C21H12Cl3NO4/c22-16-7-1-13(2-8-16)19(26)25(20(27)14-3-9-17(23)10-4-14)29-21(28)15-5-11-18(24)12-6-15/h1-12H. The van der Waals surface area contributed by atoms with Crippen molar-refractivity contribution in [3.05, 3.63) is 105 Å². The molecular formula is C21H12Cl3NO4. The van der Waals surface area contributed by atoms with E-state index in [-0.39, 0.29) is 16.7 Å². The summed E-state index contributed by atoms with van der Waals surface area (Å²) in [4.78, 5) is 43.4. The second-order valence-electron chi connectivity index (χ2n) is 5.80. The third kappa shape index (κ3) is 5.15. The van der Waals surface area contributed by atoms with Gasteiger partial charge in [0, 0.05) is 26.2 Å². The smallest absolute Gasteiger partial charge is 0.324 e. The van der Waals surface area contributed by atoms with E-state index in [0.29, 0.717) is 20.1 Å². The van der Waals surface area contributed by atoms with Gasteiger partial charge in [0.25, 0.3) is 11.8 Å². The number of carbonyl (C=O) groups excluding carboxylic acids is 3. The van der Waals surface area contributed by atoms with Crippen molar-refractivity contribution < 1.29 is 19.2 Å². The summed E-state index contributed by atoms with van der Waals surface area (Å²) < 4.78 is 0. The Bertz CT molecular complexity index is 991. The molecule has 8 heteroatoms. The molecule has 0 aliphatic heterocycles. The molecule has 3 aromatic carbocycles. The SMILES string of the molecule is O=C(ON(C(=O)c1ccc(Cl)cc1)C(=O)c1ccc(Cl)cc1)c1ccc(Cl)cc1. The van der Waals surface area contributed by atoms with Crippen LogP contribution < -0.4 is 0 Å². The van der Waals surface area contributed by atoms with Crippen LogP contribution in [0.25, 0.3) is 0 Å². The first kappa shape index (κ1) is 20.9. The van der Waals surface area contributed by atoms with Crippen LogP contribution in [0.1, 0.15) is 31.1 Å². The molecule has 5 nitrogen and oxygen atoms in total. The molecule has 0 heterocycles. The number of imide groups is 1. The van der Waals surface area contributed by atoms with E-state index in [1.165, 1.54) is 72.8 Å². The molecule has 29 heavy (non-hydrogen) atoms. The quantitative estimate of drug-likeness (QED) is 0.381. The Morgan fingerprint density at radius 1 is 0.552 bits per heavy atom. The summed E-state index contributed by atoms with van der Waals surface area (Å²) in [7, 11) is 0. The van der Waals surface area contributed by atoms with Crippen molar-refractivity contribution in [2.45, 2.75) is 0 Å². The van der Waals surface area contributed by atoms with Gasteiger partial charge < -0.3 is 4.84 Å². The van der Waals surface area contributed by atoms with Gasteiger partial charge in [-0.3, -0.25) is 9.59 Å². The molecule has 0 fully saturated rings. The number of hydrogen-bond acceptors (Lipinski definition) is 4. The van der Waals surface area contributed by atoms with Gasteiger partial charge in [-0.1, -0.05) is 39.9 Å². The van der Waals surface area contributed by atoms with E-state index in [1.54, 1.807) is 0 Å². The van der Waals surface area contributed by atoms with Crippen LogP contribution >= 0.6 is 34.8 Å². The van der Waals surface area contributed by atoms with E-state index in [2.05, 4.69) is 0 Å².